The Kier molecular flexibility index (Phi) is 4.38. The standard InChI is InChI=1S/C13H18N4S/c1-9(2)12-13(18-17-16-12)11(14-3)8-10-6-4-5-7-15-10/h4-7,9,11,14H,8H2,1-3H3. The van der Waals surface area contributed by atoms with Crippen molar-refractivity contribution in [2.45, 2.75) is 32.2 Å². The van der Waals surface area contributed by atoms with Gasteiger partial charge in [0.2, 0.25) is 0 Å². The summed E-state index contributed by atoms with van der Waals surface area (Å²) in [6, 6.07) is 6.24. The van der Waals surface area contributed by atoms with Crippen molar-refractivity contribution < 1.29 is 0 Å². The van der Waals surface area contributed by atoms with E-state index in [2.05, 4.69) is 33.7 Å². The Morgan fingerprint density at radius 1 is 1.33 bits per heavy atom. The number of aromatic nitrogens is 3. The Hall–Kier alpha value is -1.33. The SMILES string of the molecule is CNC(Cc1ccccn1)c1snnc1C(C)C. The molecule has 2 aromatic heterocycles. The van der Waals surface area contributed by atoms with Crippen LogP contribution in [-0.4, -0.2) is 21.6 Å². The zero-order valence-electron chi connectivity index (χ0n) is 10.9. The zero-order chi connectivity index (χ0) is 13.0. The molecule has 0 aliphatic heterocycles. The first-order valence-corrected chi connectivity index (χ1v) is 6.89. The molecule has 0 spiro atoms. The fourth-order valence-corrected chi connectivity index (χ4v) is 2.82. The summed E-state index contributed by atoms with van der Waals surface area (Å²) in [6.07, 6.45) is 2.69. The first kappa shape index (κ1) is 13.1. The third-order valence-corrected chi connectivity index (χ3v) is 3.75. The summed E-state index contributed by atoms with van der Waals surface area (Å²) in [4.78, 5) is 5.60. The largest absolute Gasteiger partial charge is 0.312 e. The smallest absolute Gasteiger partial charge is 0.0829 e. The molecule has 0 saturated carbocycles. The van der Waals surface area contributed by atoms with Gasteiger partial charge in [-0.25, -0.2) is 0 Å². The summed E-state index contributed by atoms with van der Waals surface area (Å²) in [7, 11) is 1.97. The molecule has 2 aromatic rings. The lowest BCUT2D eigenvalue weighted by Gasteiger charge is -2.15. The number of rotatable bonds is 5. The fraction of sp³-hybridized carbons (Fsp3) is 0.462. The second-order valence-electron chi connectivity index (χ2n) is 4.54. The van der Waals surface area contributed by atoms with E-state index in [9.17, 15) is 0 Å². The topological polar surface area (TPSA) is 50.7 Å². The minimum Gasteiger partial charge on any atom is -0.312 e. The van der Waals surface area contributed by atoms with Gasteiger partial charge in [0.15, 0.2) is 0 Å². The van der Waals surface area contributed by atoms with Crippen molar-refractivity contribution in [3.8, 4) is 0 Å². The molecule has 96 valence electrons. The van der Waals surface area contributed by atoms with Gasteiger partial charge in [0, 0.05) is 18.3 Å². The van der Waals surface area contributed by atoms with Gasteiger partial charge >= 0.3 is 0 Å². The van der Waals surface area contributed by atoms with Crippen LogP contribution in [0.4, 0.5) is 0 Å². The Morgan fingerprint density at radius 3 is 2.78 bits per heavy atom. The highest BCUT2D eigenvalue weighted by Gasteiger charge is 2.20. The molecule has 1 unspecified atom stereocenters. The molecular formula is C13H18N4S. The van der Waals surface area contributed by atoms with Gasteiger partial charge in [-0.05, 0) is 36.6 Å². The molecular weight excluding hydrogens is 244 g/mol. The monoisotopic (exact) mass is 262 g/mol. The molecule has 2 heterocycles. The third kappa shape index (κ3) is 2.91. The van der Waals surface area contributed by atoms with Gasteiger partial charge < -0.3 is 5.32 Å². The van der Waals surface area contributed by atoms with Gasteiger partial charge in [0.05, 0.1) is 16.6 Å². The van der Waals surface area contributed by atoms with Crippen LogP contribution in [0.1, 0.15) is 42.1 Å². The van der Waals surface area contributed by atoms with Crippen molar-refractivity contribution in [3.63, 3.8) is 0 Å². The highest BCUT2D eigenvalue weighted by atomic mass is 32.1. The molecule has 0 radical (unpaired) electrons. The van der Waals surface area contributed by atoms with E-state index in [1.807, 2.05) is 31.4 Å². The van der Waals surface area contributed by atoms with Crippen molar-refractivity contribution >= 4 is 11.5 Å². The van der Waals surface area contributed by atoms with Gasteiger partial charge in [0.1, 0.15) is 0 Å². The Morgan fingerprint density at radius 2 is 2.17 bits per heavy atom. The molecule has 0 aliphatic carbocycles. The average Bonchev–Trinajstić information content (AvgIpc) is 2.86. The summed E-state index contributed by atoms with van der Waals surface area (Å²) in [5.74, 6) is 0.401. The lowest BCUT2D eigenvalue weighted by atomic mass is 10.0. The number of nitrogens with zero attached hydrogens (tertiary/aromatic N) is 3. The number of nitrogens with one attached hydrogen (secondary N) is 1. The van der Waals surface area contributed by atoms with Crippen LogP contribution in [0.15, 0.2) is 24.4 Å². The molecule has 2 rings (SSSR count). The maximum absolute atomic E-state index is 4.37. The van der Waals surface area contributed by atoms with Crippen molar-refractivity contribution in [2.75, 3.05) is 7.05 Å². The van der Waals surface area contributed by atoms with Crippen molar-refractivity contribution in [3.05, 3.63) is 40.7 Å². The van der Waals surface area contributed by atoms with Crippen molar-refractivity contribution in [1.29, 1.82) is 0 Å². The van der Waals surface area contributed by atoms with E-state index in [0.29, 0.717) is 5.92 Å². The molecule has 0 aliphatic rings. The normalized spacial score (nSPS) is 12.9. The van der Waals surface area contributed by atoms with Crippen LogP contribution in [0.2, 0.25) is 0 Å². The van der Waals surface area contributed by atoms with E-state index in [0.717, 1.165) is 17.8 Å². The number of likely N-dealkylation sites (N-methyl/N-ethyl adjacent to an activating group) is 1. The second-order valence-corrected chi connectivity index (χ2v) is 5.33. The molecule has 1 N–H and O–H groups in total. The Balaban J connectivity index is 2.21. The second kappa shape index (κ2) is 6.02. The molecule has 0 fully saturated rings. The predicted molar refractivity (Wildman–Crippen MR) is 73.7 cm³/mol. The first-order valence-electron chi connectivity index (χ1n) is 6.11. The van der Waals surface area contributed by atoms with Crippen LogP contribution >= 0.6 is 11.5 Å². The van der Waals surface area contributed by atoms with Crippen molar-refractivity contribution in [2.24, 2.45) is 0 Å². The van der Waals surface area contributed by atoms with Gasteiger partial charge in [-0.3, -0.25) is 4.98 Å². The van der Waals surface area contributed by atoms with Gasteiger partial charge in [-0.15, -0.1) is 5.10 Å². The number of hydrogen-bond donors (Lipinski definition) is 1. The van der Waals surface area contributed by atoms with Gasteiger partial charge in [-0.1, -0.05) is 24.4 Å². The fourth-order valence-electron chi connectivity index (χ4n) is 1.90. The molecule has 1 atom stereocenters. The van der Waals surface area contributed by atoms with Crippen molar-refractivity contribution in [1.82, 2.24) is 19.9 Å². The van der Waals surface area contributed by atoms with Crippen LogP contribution in [0.5, 0.6) is 0 Å². The quantitative estimate of drug-likeness (QED) is 0.899. The van der Waals surface area contributed by atoms with Crippen LogP contribution < -0.4 is 5.32 Å². The highest BCUT2D eigenvalue weighted by Crippen LogP contribution is 2.27. The van der Waals surface area contributed by atoms with Crippen LogP contribution in [-0.2, 0) is 6.42 Å². The lowest BCUT2D eigenvalue weighted by Crippen LogP contribution is -2.19. The summed E-state index contributed by atoms with van der Waals surface area (Å²) in [5, 5.41) is 7.57. The first-order chi connectivity index (χ1) is 8.72. The Bertz CT molecular complexity index is 481. The average molecular weight is 262 g/mol. The minimum atomic E-state index is 0.234. The summed E-state index contributed by atoms with van der Waals surface area (Å²) in [6.45, 7) is 4.29. The van der Waals surface area contributed by atoms with Crippen LogP contribution in [0, 0.1) is 0 Å². The molecule has 4 nitrogen and oxygen atoms in total. The maximum Gasteiger partial charge on any atom is 0.0829 e. The van der Waals surface area contributed by atoms with E-state index in [1.54, 1.807) is 0 Å². The minimum absolute atomic E-state index is 0.234. The van der Waals surface area contributed by atoms with E-state index in [4.69, 9.17) is 0 Å². The van der Waals surface area contributed by atoms with Crippen LogP contribution in [0.3, 0.4) is 0 Å². The summed E-state index contributed by atoms with van der Waals surface area (Å²) in [5.41, 5.74) is 2.18. The third-order valence-electron chi connectivity index (χ3n) is 2.89. The number of pyridine rings is 1. The van der Waals surface area contributed by atoms with E-state index in [-0.39, 0.29) is 6.04 Å². The van der Waals surface area contributed by atoms with E-state index < -0.39 is 0 Å². The summed E-state index contributed by atoms with van der Waals surface area (Å²) >= 11 is 1.48. The van der Waals surface area contributed by atoms with E-state index >= 15 is 0 Å². The highest BCUT2D eigenvalue weighted by molar-refractivity contribution is 7.05. The predicted octanol–water partition coefficient (Wildman–Crippen LogP) is 2.56. The molecule has 0 saturated heterocycles. The molecule has 0 bridgehead atoms. The van der Waals surface area contributed by atoms with E-state index in [1.165, 1.54) is 16.4 Å². The molecule has 18 heavy (non-hydrogen) atoms. The number of hydrogen-bond acceptors (Lipinski definition) is 5. The van der Waals surface area contributed by atoms with Gasteiger partial charge in [0.25, 0.3) is 0 Å². The molecule has 5 heteroatoms. The van der Waals surface area contributed by atoms with Gasteiger partial charge in [-0.2, -0.15) is 0 Å². The Labute approximate surface area is 112 Å². The summed E-state index contributed by atoms with van der Waals surface area (Å²) < 4.78 is 4.09. The molecule has 0 aromatic carbocycles. The maximum atomic E-state index is 4.37. The zero-order valence-corrected chi connectivity index (χ0v) is 11.7. The van der Waals surface area contributed by atoms with Crippen LogP contribution in [0.25, 0.3) is 0 Å². The molecule has 0 amide bonds. The lowest BCUT2D eigenvalue weighted by molar-refractivity contribution is 0.582.